The molecule has 0 saturated carbocycles. The summed E-state index contributed by atoms with van der Waals surface area (Å²) in [7, 11) is 0. The number of carbonyl (C=O) groups is 2. The van der Waals surface area contributed by atoms with Crippen molar-refractivity contribution in [2.75, 3.05) is 6.61 Å². The van der Waals surface area contributed by atoms with Crippen LogP contribution in [0.1, 0.15) is 29.4 Å². The zero-order valence-electron chi connectivity index (χ0n) is 24.1. The van der Waals surface area contributed by atoms with Crippen molar-refractivity contribution >= 4 is 67.0 Å². The fourth-order valence-corrected chi connectivity index (χ4v) is 4.86. The number of hydrogen-bond donors (Lipinski definition) is 3. The lowest BCUT2D eigenvalue weighted by atomic mass is 10.2. The largest absolute Gasteiger partial charge is 0.481 e. The third-order valence-electron chi connectivity index (χ3n) is 5.65. The van der Waals surface area contributed by atoms with Crippen molar-refractivity contribution in [2.24, 2.45) is 0 Å². The number of hydrogen-bond acceptors (Lipinski definition) is 9. The average Bonchev–Trinajstić information content (AvgIpc) is 3.02. The van der Waals surface area contributed by atoms with Crippen molar-refractivity contribution in [1.82, 2.24) is 9.97 Å². The van der Waals surface area contributed by atoms with E-state index in [1.165, 1.54) is 36.4 Å². The highest BCUT2D eigenvalue weighted by molar-refractivity contribution is 9.10. The van der Waals surface area contributed by atoms with Gasteiger partial charge in [0.05, 0.1) is 54.1 Å². The first-order valence-corrected chi connectivity index (χ1v) is 15.4. The van der Waals surface area contributed by atoms with Crippen LogP contribution in [0.4, 0.5) is 8.78 Å². The number of carboxylic acid groups (broad SMARTS) is 1. The number of nitrogens with zero attached hydrogens (tertiary/aromatic N) is 2. The minimum Gasteiger partial charge on any atom is -0.481 e. The van der Waals surface area contributed by atoms with Crippen LogP contribution < -0.4 is 20.6 Å². The number of rotatable bonds is 9. The number of benzene rings is 2. The quantitative estimate of drug-likeness (QED) is 0.149. The normalized spacial score (nSPS) is 10.2. The van der Waals surface area contributed by atoms with Crippen molar-refractivity contribution in [3.63, 3.8) is 0 Å². The van der Waals surface area contributed by atoms with Crippen LogP contribution in [-0.4, -0.2) is 33.6 Å². The Hall–Kier alpha value is -4.74. The van der Waals surface area contributed by atoms with Crippen LogP contribution in [0.25, 0.3) is 0 Å². The van der Waals surface area contributed by atoms with Gasteiger partial charge >= 0.3 is 11.9 Å². The number of ether oxygens (including phenoxy) is 3. The Balaban J connectivity index is 0.000000261. The highest BCUT2D eigenvalue weighted by atomic mass is 79.9. The molecule has 0 fully saturated rings. The Morgan fingerprint density at radius 1 is 0.812 bits per heavy atom. The zero-order valence-corrected chi connectivity index (χ0v) is 28.7. The van der Waals surface area contributed by atoms with E-state index in [4.69, 9.17) is 53.0 Å². The Morgan fingerprint density at radius 2 is 1.23 bits per heavy atom. The maximum Gasteiger partial charge on any atom is 0.311 e. The summed E-state index contributed by atoms with van der Waals surface area (Å²) < 4.78 is 44.0. The van der Waals surface area contributed by atoms with Gasteiger partial charge in [0.25, 0.3) is 11.1 Å². The van der Waals surface area contributed by atoms with Crippen LogP contribution in [0.3, 0.4) is 0 Å². The Morgan fingerprint density at radius 3 is 1.60 bits per heavy atom. The minimum atomic E-state index is -1.32. The van der Waals surface area contributed by atoms with Gasteiger partial charge in [-0.2, -0.15) is 10.5 Å². The Labute approximate surface area is 295 Å². The lowest BCUT2D eigenvalue weighted by Gasteiger charge is -2.12. The number of pyridine rings is 2. The molecule has 48 heavy (non-hydrogen) atoms. The Kier molecular flexibility index (Phi) is 13.3. The van der Waals surface area contributed by atoms with Crippen molar-refractivity contribution in [1.29, 1.82) is 10.5 Å². The summed E-state index contributed by atoms with van der Waals surface area (Å²) in [5.74, 6) is -4.79. The van der Waals surface area contributed by atoms with Crippen LogP contribution in [-0.2, 0) is 27.2 Å². The van der Waals surface area contributed by atoms with E-state index in [9.17, 15) is 28.0 Å². The summed E-state index contributed by atoms with van der Waals surface area (Å²) in [6, 6.07) is 11.9. The third-order valence-corrected chi connectivity index (χ3v) is 7.53. The van der Waals surface area contributed by atoms with Gasteiger partial charge in [-0.05, 0) is 75.2 Å². The second-order valence-electron chi connectivity index (χ2n) is 9.11. The number of esters is 1. The molecular formula is C30H18Br2Cl2F2N4O8. The smallest absolute Gasteiger partial charge is 0.311 e. The molecule has 2 aromatic carbocycles. The number of aliphatic carboxylic acids is 1. The second kappa shape index (κ2) is 16.9. The molecular weight excluding hydrogens is 813 g/mol. The van der Waals surface area contributed by atoms with Crippen LogP contribution >= 0.6 is 55.1 Å². The first-order valence-electron chi connectivity index (χ1n) is 13.0. The van der Waals surface area contributed by atoms with Crippen LogP contribution in [0, 0.1) is 34.3 Å². The summed E-state index contributed by atoms with van der Waals surface area (Å²) >= 11 is 17.5. The number of carboxylic acids is 1. The number of nitrogens with one attached hydrogen (secondary N) is 2. The van der Waals surface area contributed by atoms with E-state index in [0.29, 0.717) is 0 Å². The van der Waals surface area contributed by atoms with E-state index in [0.717, 1.165) is 0 Å². The molecule has 4 rings (SSSR count). The van der Waals surface area contributed by atoms with E-state index in [1.54, 1.807) is 6.92 Å². The second-order valence-corrected chi connectivity index (χ2v) is 11.6. The molecule has 0 radical (unpaired) electrons. The van der Waals surface area contributed by atoms with Gasteiger partial charge in [0.15, 0.2) is 23.1 Å². The maximum atomic E-state index is 14.7. The molecule has 0 bridgehead atoms. The van der Waals surface area contributed by atoms with Crippen molar-refractivity contribution in [3.05, 3.63) is 110 Å². The molecule has 2 heterocycles. The highest BCUT2D eigenvalue weighted by Crippen LogP contribution is 2.34. The molecule has 3 N–H and O–H groups in total. The van der Waals surface area contributed by atoms with Crippen molar-refractivity contribution in [2.45, 2.75) is 19.8 Å². The standard InChI is InChI=1S/C16H11BrClFN2O4.C14H7BrClFN2O4/c1-2-24-12(22)6-11-14(19)15(13(17)16(23)21-11)25-10-4-8(7-20)3-9(18)5-10;15-11-13(12(17)9(4-10(20)21)19-14(11)22)23-8-2-6(5-18)1-7(16)3-8/h3-5H,2,6H2,1H3,(H,21,23);1-3H,4H2,(H,19,22)(H,20,21). The molecule has 0 aliphatic rings. The lowest BCUT2D eigenvalue weighted by molar-refractivity contribution is -0.142. The van der Waals surface area contributed by atoms with Gasteiger partial charge in [0.1, 0.15) is 20.4 Å². The maximum absolute atomic E-state index is 14.7. The molecule has 18 heteroatoms. The Bertz CT molecular complexity index is 2110. The predicted octanol–water partition coefficient (Wildman–Crippen LogP) is 6.92. The van der Waals surface area contributed by atoms with E-state index >= 15 is 0 Å². The summed E-state index contributed by atoms with van der Waals surface area (Å²) in [6.45, 7) is 1.74. The van der Waals surface area contributed by atoms with Gasteiger partial charge < -0.3 is 29.3 Å². The number of nitriles is 2. The topological polar surface area (TPSA) is 195 Å². The molecule has 0 aliphatic heterocycles. The molecule has 0 unspecified atom stereocenters. The molecule has 0 amide bonds. The summed E-state index contributed by atoms with van der Waals surface area (Å²) in [5.41, 5.74) is -1.75. The van der Waals surface area contributed by atoms with E-state index in [2.05, 4.69) is 41.8 Å². The van der Waals surface area contributed by atoms with E-state index in [-0.39, 0.29) is 53.9 Å². The van der Waals surface area contributed by atoms with E-state index < -0.39 is 64.7 Å². The molecule has 0 atom stereocenters. The van der Waals surface area contributed by atoms with Crippen LogP contribution in [0.15, 0.2) is 54.9 Å². The molecule has 0 saturated heterocycles. The average molecular weight is 831 g/mol. The molecule has 248 valence electrons. The predicted molar refractivity (Wildman–Crippen MR) is 174 cm³/mol. The zero-order chi connectivity index (χ0) is 35.7. The molecule has 2 aromatic heterocycles. The number of aromatic nitrogens is 2. The lowest BCUT2D eigenvalue weighted by Crippen LogP contribution is -2.18. The van der Waals surface area contributed by atoms with Gasteiger partial charge in [-0.3, -0.25) is 19.2 Å². The van der Waals surface area contributed by atoms with Gasteiger partial charge in [0.2, 0.25) is 0 Å². The van der Waals surface area contributed by atoms with Crippen molar-refractivity contribution in [3.8, 4) is 35.1 Å². The van der Waals surface area contributed by atoms with Gasteiger partial charge in [-0.25, -0.2) is 8.78 Å². The molecule has 0 spiro atoms. The number of H-pyrrole nitrogens is 2. The fourth-order valence-electron chi connectivity index (χ4n) is 3.71. The number of carbonyl (C=O) groups excluding carboxylic acids is 1. The van der Waals surface area contributed by atoms with Gasteiger partial charge in [-0.1, -0.05) is 23.2 Å². The number of aromatic amines is 2. The first-order chi connectivity index (χ1) is 22.7. The third kappa shape index (κ3) is 9.88. The van der Waals surface area contributed by atoms with Gasteiger partial charge in [-0.15, -0.1) is 0 Å². The van der Waals surface area contributed by atoms with E-state index in [1.807, 2.05) is 12.1 Å². The van der Waals surface area contributed by atoms with Gasteiger partial charge in [0, 0.05) is 10.0 Å². The van der Waals surface area contributed by atoms with Crippen molar-refractivity contribution < 1.29 is 37.7 Å². The summed E-state index contributed by atoms with van der Waals surface area (Å²) in [6.07, 6.45) is -1.18. The SMILES string of the molecule is CCOC(=O)Cc1[nH]c(=O)c(Br)c(Oc2cc(Cl)cc(C#N)c2)c1F.N#Cc1cc(Cl)cc(Oc2c(F)c(CC(=O)O)[nH]c(=O)c2Br)c1. The van der Waals surface area contributed by atoms with Crippen LogP contribution in [0.2, 0.25) is 10.0 Å². The summed E-state index contributed by atoms with van der Waals surface area (Å²) in [5, 5.41) is 27.0. The molecule has 0 aliphatic carbocycles. The molecule has 4 aromatic rings. The van der Waals surface area contributed by atoms with Crippen LogP contribution in [0.5, 0.6) is 23.0 Å². The first kappa shape index (κ1) is 37.7. The molecule has 12 nitrogen and oxygen atoms in total. The fraction of sp³-hybridized carbons (Fsp3) is 0.133. The highest BCUT2D eigenvalue weighted by Gasteiger charge is 2.22. The minimum absolute atomic E-state index is 0.0283. The summed E-state index contributed by atoms with van der Waals surface area (Å²) in [4.78, 5) is 50.3. The monoisotopic (exact) mass is 828 g/mol. The number of halogens is 6.